The molecule has 3 rings (SSSR count). The predicted octanol–water partition coefficient (Wildman–Crippen LogP) is 2.90. The maximum absolute atomic E-state index is 14.1. The van der Waals surface area contributed by atoms with Crippen LogP contribution in [0.5, 0.6) is 0 Å². The highest BCUT2D eigenvalue weighted by Crippen LogP contribution is 2.37. The number of hydrogen-bond donors (Lipinski definition) is 0. The Morgan fingerprint density at radius 2 is 2.25 bits per heavy atom. The third kappa shape index (κ3) is 2.38. The summed E-state index contributed by atoms with van der Waals surface area (Å²) in [6.45, 7) is 3.46. The lowest BCUT2D eigenvalue weighted by molar-refractivity contribution is -0.0921. The summed E-state index contributed by atoms with van der Waals surface area (Å²) >= 11 is 0. The zero-order chi connectivity index (χ0) is 14.2. The van der Waals surface area contributed by atoms with Gasteiger partial charge in [-0.05, 0) is 31.4 Å². The topological polar surface area (TPSA) is 35.5 Å². The Morgan fingerprint density at radius 3 is 3.00 bits per heavy atom. The van der Waals surface area contributed by atoms with Gasteiger partial charge in [0.25, 0.3) is 0 Å². The SMILES string of the molecule is Cc1cccc(C(=O)C2CCOC3(CCOC3)C2)c1F. The molecule has 2 atom stereocenters. The van der Waals surface area contributed by atoms with Crippen molar-refractivity contribution in [2.24, 2.45) is 5.92 Å². The highest BCUT2D eigenvalue weighted by atomic mass is 19.1. The molecule has 2 aliphatic heterocycles. The number of carbonyl (C=O) groups excluding carboxylic acids is 1. The molecule has 0 aromatic heterocycles. The number of ketones is 1. The van der Waals surface area contributed by atoms with Gasteiger partial charge in [0.15, 0.2) is 5.78 Å². The van der Waals surface area contributed by atoms with Gasteiger partial charge in [-0.1, -0.05) is 12.1 Å². The minimum atomic E-state index is -0.388. The van der Waals surface area contributed by atoms with E-state index in [1.165, 1.54) is 0 Å². The molecule has 4 heteroatoms. The van der Waals surface area contributed by atoms with Gasteiger partial charge in [0.1, 0.15) is 5.82 Å². The van der Waals surface area contributed by atoms with E-state index in [-0.39, 0.29) is 28.7 Å². The van der Waals surface area contributed by atoms with Gasteiger partial charge < -0.3 is 9.47 Å². The Bertz CT molecular complexity index is 520. The van der Waals surface area contributed by atoms with Crippen LogP contribution in [0.15, 0.2) is 18.2 Å². The van der Waals surface area contributed by atoms with Gasteiger partial charge in [0.2, 0.25) is 0 Å². The van der Waals surface area contributed by atoms with Crippen molar-refractivity contribution in [2.45, 2.75) is 31.8 Å². The first-order valence-corrected chi connectivity index (χ1v) is 7.12. The van der Waals surface area contributed by atoms with Crippen LogP contribution >= 0.6 is 0 Å². The van der Waals surface area contributed by atoms with Crippen molar-refractivity contribution in [1.29, 1.82) is 0 Å². The average molecular weight is 278 g/mol. The van der Waals surface area contributed by atoms with Gasteiger partial charge in [-0.15, -0.1) is 0 Å². The molecule has 0 radical (unpaired) electrons. The third-order valence-electron chi connectivity index (χ3n) is 4.39. The summed E-state index contributed by atoms with van der Waals surface area (Å²) in [5.41, 5.74) is 0.409. The fourth-order valence-electron chi connectivity index (χ4n) is 3.17. The van der Waals surface area contributed by atoms with Gasteiger partial charge >= 0.3 is 0 Å². The summed E-state index contributed by atoms with van der Waals surface area (Å²) in [5, 5.41) is 0. The molecule has 1 aromatic carbocycles. The second-order valence-electron chi connectivity index (χ2n) is 5.82. The lowest BCUT2D eigenvalue weighted by Gasteiger charge is -2.36. The number of carbonyl (C=O) groups is 1. The highest BCUT2D eigenvalue weighted by Gasteiger charge is 2.43. The van der Waals surface area contributed by atoms with E-state index in [9.17, 15) is 9.18 Å². The lowest BCUT2D eigenvalue weighted by Crippen LogP contribution is -2.42. The molecule has 0 saturated carbocycles. The summed E-state index contributed by atoms with van der Waals surface area (Å²) in [6, 6.07) is 5.00. The van der Waals surface area contributed by atoms with Gasteiger partial charge in [-0.3, -0.25) is 4.79 Å². The van der Waals surface area contributed by atoms with Crippen LogP contribution in [0.4, 0.5) is 4.39 Å². The number of Topliss-reactive ketones (excluding diaryl/α,β-unsaturated/α-hetero) is 1. The number of hydrogen-bond acceptors (Lipinski definition) is 3. The van der Waals surface area contributed by atoms with Crippen LogP contribution in [0.2, 0.25) is 0 Å². The summed E-state index contributed by atoms with van der Waals surface area (Å²) in [4.78, 5) is 12.6. The number of rotatable bonds is 2. The summed E-state index contributed by atoms with van der Waals surface area (Å²) in [6.07, 6.45) is 2.13. The van der Waals surface area contributed by atoms with Crippen LogP contribution in [0.25, 0.3) is 0 Å². The summed E-state index contributed by atoms with van der Waals surface area (Å²) in [5.74, 6) is -0.650. The molecule has 2 heterocycles. The van der Waals surface area contributed by atoms with E-state index in [4.69, 9.17) is 9.47 Å². The first kappa shape index (κ1) is 13.7. The summed E-state index contributed by atoms with van der Waals surface area (Å²) in [7, 11) is 0. The van der Waals surface area contributed by atoms with Gasteiger partial charge in [-0.2, -0.15) is 0 Å². The second kappa shape index (κ2) is 5.26. The van der Waals surface area contributed by atoms with Crippen LogP contribution < -0.4 is 0 Å². The minimum Gasteiger partial charge on any atom is -0.378 e. The van der Waals surface area contributed by atoms with E-state index in [0.29, 0.717) is 38.2 Å². The quantitative estimate of drug-likeness (QED) is 0.780. The molecule has 0 N–H and O–H groups in total. The summed E-state index contributed by atoms with van der Waals surface area (Å²) < 4.78 is 25.3. The van der Waals surface area contributed by atoms with Crippen molar-refractivity contribution < 1.29 is 18.7 Å². The Hall–Kier alpha value is -1.26. The number of benzene rings is 1. The van der Waals surface area contributed by atoms with Crippen LogP contribution in [0.3, 0.4) is 0 Å². The molecule has 0 amide bonds. The van der Waals surface area contributed by atoms with E-state index in [1.807, 2.05) is 0 Å². The predicted molar refractivity (Wildman–Crippen MR) is 72.3 cm³/mol. The van der Waals surface area contributed by atoms with Crippen LogP contribution in [0, 0.1) is 18.7 Å². The molecule has 0 aliphatic carbocycles. The molecule has 2 fully saturated rings. The molecule has 3 nitrogen and oxygen atoms in total. The first-order chi connectivity index (χ1) is 9.61. The minimum absolute atomic E-state index is 0.0965. The Kier molecular flexibility index (Phi) is 3.61. The monoisotopic (exact) mass is 278 g/mol. The Balaban J connectivity index is 1.81. The van der Waals surface area contributed by atoms with Crippen LogP contribution in [0.1, 0.15) is 35.2 Å². The molecule has 2 unspecified atom stereocenters. The largest absolute Gasteiger partial charge is 0.378 e. The van der Waals surface area contributed by atoms with E-state index in [2.05, 4.69) is 0 Å². The van der Waals surface area contributed by atoms with E-state index in [1.54, 1.807) is 25.1 Å². The Morgan fingerprint density at radius 1 is 1.40 bits per heavy atom. The average Bonchev–Trinajstić information content (AvgIpc) is 2.89. The van der Waals surface area contributed by atoms with Gasteiger partial charge in [0, 0.05) is 25.6 Å². The molecule has 108 valence electrons. The molecular formula is C16H19FO3. The zero-order valence-electron chi connectivity index (χ0n) is 11.7. The van der Waals surface area contributed by atoms with Gasteiger partial charge in [0.05, 0.1) is 17.8 Å². The molecule has 2 aliphatic rings. The second-order valence-corrected chi connectivity index (χ2v) is 5.82. The standard InChI is InChI=1S/C16H19FO3/c1-11-3-2-4-13(14(11)17)15(18)12-5-7-20-16(9-12)6-8-19-10-16/h2-4,12H,5-10H2,1H3. The maximum Gasteiger partial charge on any atom is 0.169 e. The maximum atomic E-state index is 14.1. The number of aryl methyl sites for hydroxylation is 1. The van der Waals surface area contributed by atoms with Gasteiger partial charge in [-0.25, -0.2) is 4.39 Å². The molecule has 1 spiro atoms. The van der Waals surface area contributed by atoms with Crippen molar-refractivity contribution in [3.05, 3.63) is 35.1 Å². The molecule has 2 saturated heterocycles. The lowest BCUT2D eigenvalue weighted by atomic mass is 9.81. The van der Waals surface area contributed by atoms with Crippen LogP contribution in [-0.4, -0.2) is 31.2 Å². The van der Waals surface area contributed by atoms with E-state index < -0.39 is 0 Å². The molecular weight excluding hydrogens is 259 g/mol. The molecule has 0 bridgehead atoms. The van der Waals surface area contributed by atoms with Crippen molar-refractivity contribution in [2.75, 3.05) is 19.8 Å². The number of ether oxygens (including phenoxy) is 2. The molecule has 20 heavy (non-hydrogen) atoms. The van der Waals surface area contributed by atoms with Crippen LogP contribution in [-0.2, 0) is 9.47 Å². The normalized spacial score (nSPS) is 29.8. The van der Waals surface area contributed by atoms with E-state index >= 15 is 0 Å². The van der Waals surface area contributed by atoms with Crippen molar-refractivity contribution in [1.82, 2.24) is 0 Å². The highest BCUT2D eigenvalue weighted by molar-refractivity contribution is 5.98. The first-order valence-electron chi connectivity index (χ1n) is 7.12. The van der Waals surface area contributed by atoms with Crippen molar-refractivity contribution >= 4 is 5.78 Å². The van der Waals surface area contributed by atoms with E-state index in [0.717, 1.165) is 6.42 Å². The van der Waals surface area contributed by atoms with Crippen molar-refractivity contribution in [3.63, 3.8) is 0 Å². The fraction of sp³-hybridized carbons (Fsp3) is 0.562. The zero-order valence-corrected chi connectivity index (χ0v) is 11.7. The fourth-order valence-corrected chi connectivity index (χ4v) is 3.17. The smallest absolute Gasteiger partial charge is 0.169 e. The third-order valence-corrected chi connectivity index (χ3v) is 4.39. The molecule has 1 aromatic rings. The number of halogens is 1. The van der Waals surface area contributed by atoms with Crippen molar-refractivity contribution in [3.8, 4) is 0 Å². The Labute approximate surface area is 118 Å².